The van der Waals surface area contributed by atoms with Gasteiger partial charge in [-0.2, -0.15) is 5.10 Å². The Labute approximate surface area is 119 Å². The van der Waals surface area contributed by atoms with Crippen molar-refractivity contribution >= 4 is 5.97 Å². The molecule has 106 valence electrons. The molecule has 3 rings (SSSR count). The highest BCUT2D eigenvalue weighted by molar-refractivity contribution is 5.87. The van der Waals surface area contributed by atoms with Crippen LogP contribution in [0.5, 0.6) is 0 Å². The van der Waals surface area contributed by atoms with E-state index in [1.54, 1.807) is 25.5 Å². The van der Waals surface area contributed by atoms with Crippen molar-refractivity contribution in [2.75, 3.05) is 0 Å². The number of H-pyrrole nitrogens is 1. The highest BCUT2D eigenvalue weighted by atomic mass is 16.4. The molecule has 0 fully saturated rings. The molecule has 2 N–H and O–H groups in total. The molecular weight excluding hydrogens is 272 g/mol. The van der Waals surface area contributed by atoms with Crippen LogP contribution in [-0.2, 0) is 7.05 Å². The highest BCUT2D eigenvalue weighted by Gasteiger charge is 2.16. The van der Waals surface area contributed by atoms with Crippen molar-refractivity contribution in [3.8, 4) is 16.9 Å². The van der Waals surface area contributed by atoms with Crippen molar-refractivity contribution in [2.24, 2.45) is 7.05 Å². The van der Waals surface area contributed by atoms with Crippen molar-refractivity contribution < 1.29 is 9.90 Å². The molecule has 0 saturated heterocycles. The molecule has 0 saturated carbocycles. The smallest absolute Gasteiger partial charge is 0.356 e. The van der Waals surface area contributed by atoms with E-state index < -0.39 is 5.97 Å². The van der Waals surface area contributed by atoms with E-state index in [0.717, 1.165) is 5.56 Å². The maximum Gasteiger partial charge on any atom is 0.356 e. The molecule has 0 radical (unpaired) electrons. The van der Waals surface area contributed by atoms with Crippen molar-refractivity contribution in [3.05, 3.63) is 58.9 Å². The van der Waals surface area contributed by atoms with Gasteiger partial charge < -0.3 is 10.1 Å². The second-order valence-corrected chi connectivity index (χ2v) is 4.50. The fourth-order valence-corrected chi connectivity index (χ4v) is 2.23. The summed E-state index contributed by atoms with van der Waals surface area (Å²) in [6, 6.07) is 8.73. The van der Waals surface area contributed by atoms with Crippen LogP contribution in [-0.4, -0.2) is 30.4 Å². The zero-order valence-corrected chi connectivity index (χ0v) is 11.1. The summed E-state index contributed by atoms with van der Waals surface area (Å²) in [6.07, 6.45) is 3.17. The predicted octanol–water partition coefficient (Wildman–Crippen LogP) is 1.26. The summed E-state index contributed by atoms with van der Waals surface area (Å²) in [5, 5.41) is 13.0. The predicted molar refractivity (Wildman–Crippen MR) is 75.6 cm³/mol. The quantitative estimate of drug-likeness (QED) is 0.757. The van der Waals surface area contributed by atoms with Crippen LogP contribution in [0.15, 0.2) is 47.5 Å². The molecule has 0 aliphatic rings. The normalized spacial score (nSPS) is 10.7. The minimum absolute atomic E-state index is 0.0382. The number of hydrogen-bond acceptors (Lipinski definition) is 3. The second-order valence-electron chi connectivity index (χ2n) is 4.50. The SMILES string of the molecule is Cn1nc(C(=O)O)cc1-c1ccccc1-n1cc[nH]c1=O. The van der Waals surface area contributed by atoms with E-state index in [2.05, 4.69) is 10.1 Å². The zero-order valence-electron chi connectivity index (χ0n) is 11.1. The van der Waals surface area contributed by atoms with Crippen LogP contribution in [0.1, 0.15) is 10.5 Å². The number of nitrogens with one attached hydrogen (secondary N) is 1. The van der Waals surface area contributed by atoms with Crippen LogP contribution in [0.25, 0.3) is 16.9 Å². The maximum atomic E-state index is 11.8. The molecular formula is C14H12N4O3. The second kappa shape index (κ2) is 4.78. The number of aromatic carboxylic acids is 1. The van der Waals surface area contributed by atoms with Gasteiger partial charge in [0.15, 0.2) is 5.69 Å². The Hall–Kier alpha value is -3.09. The van der Waals surface area contributed by atoms with Gasteiger partial charge in [0.1, 0.15) is 0 Å². The number of aromatic nitrogens is 4. The number of carbonyl (C=O) groups is 1. The number of rotatable bonds is 3. The molecule has 7 nitrogen and oxygen atoms in total. The van der Waals surface area contributed by atoms with Crippen LogP contribution in [0, 0.1) is 0 Å². The van der Waals surface area contributed by atoms with Crippen LogP contribution in [0.4, 0.5) is 0 Å². The molecule has 0 spiro atoms. The molecule has 1 aromatic carbocycles. The molecule has 21 heavy (non-hydrogen) atoms. The first kappa shape index (κ1) is 12.9. The third kappa shape index (κ3) is 2.14. The number of imidazole rings is 1. The molecule has 7 heteroatoms. The minimum atomic E-state index is -1.09. The average Bonchev–Trinajstić information content (AvgIpc) is 3.05. The Bertz CT molecular complexity index is 872. The summed E-state index contributed by atoms with van der Waals surface area (Å²) in [4.78, 5) is 25.4. The van der Waals surface area contributed by atoms with Gasteiger partial charge in [0.2, 0.25) is 0 Å². The van der Waals surface area contributed by atoms with E-state index >= 15 is 0 Å². The summed E-state index contributed by atoms with van der Waals surface area (Å²) in [5.41, 5.74) is 1.70. The molecule has 3 aromatic rings. The standard InChI is InChI=1S/C14H12N4O3/c1-17-12(8-10(16-17)13(19)20)9-4-2-3-5-11(9)18-7-6-15-14(18)21/h2-8H,1H3,(H,15,21)(H,19,20). The third-order valence-corrected chi connectivity index (χ3v) is 3.19. The number of carboxylic acids is 1. The lowest BCUT2D eigenvalue weighted by molar-refractivity contribution is 0.0689. The minimum Gasteiger partial charge on any atom is -0.476 e. The molecule has 0 unspecified atom stereocenters. The average molecular weight is 284 g/mol. The van der Waals surface area contributed by atoms with Gasteiger partial charge in [-0.25, -0.2) is 9.59 Å². The highest BCUT2D eigenvalue weighted by Crippen LogP contribution is 2.26. The molecule has 0 atom stereocenters. The first-order valence-corrected chi connectivity index (χ1v) is 6.21. The topological polar surface area (TPSA) is 92.9 Å². The lowest BCUT2D eigenvalue weighted by atomic mass is 10.1. The van der Waals surface area contributed by atoms with Crippen LogP contribution in [0.2, 0.25) is 0 Å². The van der Waals surface area contributed by atoms with E-state index in [9.17, 15) is 9.59 Å². The van der Waals surface area contributed by atoms with Crippen LogP contribution < -0.4 is 5.69 Å². The number of benzene rings is 1. The van der Waals surface area contributed by atoms with Crippen LogP contribution >= 0.6 is 0 Å². The zero-order chi connectivity index (χ0) is 15.0. The maximum absolute atomic E-state index is 11.8. The van der Waals surface area contributed by atoms with Gasteiger partial charge in [0.25, 0.3) is 0 Å². The number of carboxylic acid groups (broad SMARTS) is 1. The number of hydrogen-bond donors (Lipinski definition) is 2. The molecule has 0 amide bonds. The van der Waals surface area contributed by atoms with E-state index in [-0.39, 0.29) is 11.4 Å². The fourth-order valence-electron chi connectivity index (χ4n) is 2.23. The third-order valence-electron chi connectivity index (χ3n) is 3.19. The van der Waals surface area contributed by atoms with Gasteiger partial charge in [-0.1, -0.05) is 18.2 Å². The van der Waals surface area contributed by atoms with E-state index in [1.807, 2.05) is 18.2 Å². The molecule has 0 aliphatic carbocycles. The van der Waals surface area contributed by atoms with E-state index in [1.165, 1.54) is 15.3 Å². The Morgan fingerprint density at radius 3 is 2.71 bits per heavy atom. The van der Waals surface area contributed by atoms with Gasteiger partial charge in [0, 0.05) is 25.0 Å². The summed E-state index contributed by atoms with van der Waals surface area (Å²) in [5.74, 6) is -1.09. The van der Waals surface area contributed by atoms with Gasteiger partial charge in [-0.05, 0) is 12.1 Å². The molecule has 0 bridgehead atoms. The van der Waals surface area contributed by atoms with E-state index in [4.69, 9.17) is 5.11 Å². The number of para-hydroxylation sites is 1. The monoisotopic (exact) mass is 284 g/mol. The largest absolute Gasteiger partial charge is 0.476 e. The van der Waals surface area contributed by atoms with Crippen molar-refractivity contribution in [2.45, 2.75) is 0 Å². The first-order chi connectivity index (χ1) is 10.1. The summed E-state index contributed by atoms with van der Waals surface area (Å²) in [6.45, 7) is 0. The van der Waals surface area contributed by atoms with Crippen LogP contribution in [0.3, 0.4) is 0 Å². The van der Waals surface area contributed by atoms with Gasteiger partial charge in [0.05, 0.1) is 11.4 Å². The summed E-state index contributed by atoms with van der Waals surface area (Å²) >= 11 is 0. The molecule has 0 aliphatic heterocycles. The van der Waals surface area contributed by atoms with Crippen molar-refractivity contribution in [1.29, 1.82) is 0 Å². The Balaban J connectivity index is 2.23. The Kier molecular flexibility index (Phi) is 2.94. The van der Waals surface area contributed by atoms with Gasteiger partial charge in [-0.15, -0.1) is 0 Å². The lowest BCUT2D eigenvalue weighted by Crippen LogP contribution is -2.15. The van der Waals surface area contributed by atoms with Crippen molar-refractivity contribution in [1.82, 2.24) is 19.3 Å². The van der Waals surface area contributed by atoms with Gasteiger partial charge in [-0.3, -0.25) is 9.25 Å². The number of aromatic amines is 1. The summed E-state index contributed by atoms with van der Waals surface area (Å²) in [7, 11) is 1.67. The van der Waals surface area contributed by atoms with Crippen molar-refractivity contribution in [3.63, 3.8) is 0 Å². The first-order valence-electron chi connectivity index (χ1n) is 6.21. The Morgan fingerprint density at radius 2 is 2.10 bits per heavy atom. The fraction of sp³-hybridized carbons (Fsp3) is 0.0714. The Morgan fingerprint density at radius 1 is 1.33 bits per heavy atom. The van der Waals surface area contributed by atoms with E-state index in [0.29, 0.717) is 11.4 Å². The van der Waals surface area contributed by atoms with Gasteiger partial charge >= 0.3 is 11.7 Å². The number of nitrogens with zero attached hydrogens (tertiary/aromatic N) is 3. The molecule has 2 heterocycles. The number of aryl methyl sites for hydroxylation is 1. The lowest BCUT2D eigenvalue weighted by Gasteiger charge is -2.09. The molecule has 2 aromatic heterocycles. The summed E-state index contributed by atoms with van der Waals surface area (Å²) < 4.78 is 2.95.